The van der Waals surface area contributed by atoms with Gasteiger partial charge in [-0.25, -0.2) is 0 Å². The largest absolute Gasteiger partial charge is 0.354 e. The van der Waals surface area contributed by atoms with Gasteiger partial charge in [-0.2, -0.15) is 0 Å². The van der Waals surface area contributed by atoms with Crippen molar-refractivity contribution in [3.63, 3.8) is 0 Å². The number of nitrogens with zero attached hydrogens (tertiary/aromatic N) is 1. The second-order valence-corrected chi connectivity index (χ2v) is 9.14. The fraction of sp³-hybridized carbons (Fsp3) is 0.483. The van der Waals surface area contributed by atoms with E-state index in [1.807, 2.05) is 31.9 Å². The SMILES string of the molecule is C=C/C(=C\N(C)/C(C)=C\C)C(=O)NC(=C)Nc1ccc(CCCCCC)c(C(C)C(C)C)c1. The van der Waals surface area contributed by atoms with E-state index in [0.29, 0.717) is 23.2 Å². The Bertz CT molecular complexity index is 864. The van der Waals surface area contributed by atoms with Gasteiger partial charge in [0.1, 0.15) is 5.82 Å². The third-order valence-electron chi connectivity index (χ3n) is 6.28. The van der Waals surface area contributed by atoms with Gasteiger partial charge in [0.25, 0.3) is 5.91 Å². The number of benzene rings is 1. The van der Waals surface area contributed by atoms with Gasteiger partial charge in [-0.05, 0) is 61.8 Å². The summed E-state index contributed by atoms with van der Waals surface area (Å²) in [6.45, 7) is 20.8. The Hall–Kier alpha value is -2.75. The highest BCUT2D eigenvalue weighted by Crippen LogP contribution is 2.30. The standard InChI is InChI=1S/C29H45N3O/c1-10-13-14-15-16-26-17-18-27(19-28(26)23(7)21(4)5)30-24(8)31-29(33)25(12-3)20-32(9)22(6)11-2/h11-12,17-21,23,30H,3,8,10,13-16H2,1-2,4-7,9H3,(H,31,33)/b22-11-,25-20+. The van der Waals surface area contributed by atoms with Crippen LogP contribution < -0.4 is 10.6 Å². The van der Waals surface area contributed by atoms with Gasteiger partial charge in [-0.3, -0.25) is 4.79 Å². The molecule has 0 fully saturated rings. The Morgan fingerprint density at radius 3 is 2.45 bits per heavy atom. The number of allylic oxidation sites excluding steroid dienone is 2. The van der Waals surface area contributed by atoms with E-state index in [1.165, 1.54) is 36.8 Å². The van der Waals surface area contributed by atoms with Crippen molar-refractivity contribution in [1.82, 2.24) is 10.2 Å². The topological polar surface area (TPSA) is 44.4 Å². The van der Waals surface area contributed by atoms with Gasteiger partial charge >= 0.3 is 0 Å². The van der Waals surface area contributed by atoms with Crippen molar-refractivity contribution in [2.45, 2.75) is 79.6 Å². The zero-order chi connectivity index (χ0) is 25.0. The van der Waals surface area contributed by atoms with Crippen LogP contribution in [0.5, 0.6) is 0 Å². The number of anilines is 1. The minimum absolute atomic E-state index is 0.249. The van der Waals surface area contributed by atoms with Crippen LogP contribution >= 0.6 is 0 Å². The van der Waals surface area contributed by atoms with E-state index in [-0.39, 0.29) is 5.91 Å². The summed E-state index contributed by atoms with van der Waals surface area (Å²) in [7, 11) is 1.90. The number of nitrogens with one attached hydrogen (secondary N) is 2. The molecule has 0 aliphatic carbocycles. The first-order chi connectivity index (χ1) is 15.6. The number of aryl methyl sites for hydroxylation is 1. The molecule has 0 aliphatic heterocycles. The minimum Gasteiger partial charge on any atom is -0.354 e. The molecule has 0 radical (unpaired) electrons. The van der Waals surface area contributed by atoms with Crippen LogP contribution in [-0.4, -0.2) is 17.9 Å². The minimum atomic E-state index is -0.249. The maximum Gasteiger partial charge on any atom is 0.258 e. The van der Waals surface area contributed by atoms with Crippen molar-refractivity contribution in [1.29, 1.82) is 0 Å². The van der Waals surface area contributed by atoms with Crippen molar-refractivity contribution in [2.75, 3.05) is 12.4 Å². The van der Waals surface area contributed by atoms with Crippen molar-refractivity contribution < 1.29 is 4.79 Å². The van der Waals surface area contributed by atoms with Gasteiger partial charge < -0.3 is 15.5 Å². The summed E-state index contributed by atoms with van der Waals surface area (Å²) >= 11 is 0. The fourth-order valence-electron chi connectivity index (χ4n) is 3.56. The molecule has 33 heavy (non-hydrogen) atoms. The van der Waals surface area contributed by atoms with E-state index in [1.54, 1.807) is 12.3 Å². The average Bonchev–Trinajstić information content (AvgIpc) is 2.79. The number of carbonyl (C=O) groups is 1. The van der Waals surface area contributed by atoms with E-state index in [4.69, 9.17) is 0 Å². The molecule has 0 saturated heterocycles. The van der Waals surface area contributed by atoms with E-state index >= 15 is 0 Å². The van der Waals surface area contributed by atoms with Gasteiger partial charge in [0, 0.05) is 24.6 Å². The second kappa shape index (κ2) is 14.4. The monoisotopic (exact) mass is 451 g/mol. The first-order valence-electron chi connectivity index (χ1n) is 12.2. The molecule has 0 saturated carbocycles. The van der Waals surface area contributed by atoms with Crippen LogP contribution in [0.4, 0.5) is 5.69 Å². The summed E-state index contributed by atoms with van der Waals surface area (Å²) in [5.41, 5.74) is 5.25. The van der Waals surface area contributed by atoms with Crippen molar-refractivity contribution in [3.05, 3.63) is 77.9 Å². The van der Waals surface area contributed by atoms with Crippen molar-refractivity contribution >= 4 is 11.6 Å². The third kappa shape index (κ3) is 9.33. The molecule has 182 valence electrons. The quantitative estimate of drug-likeness (QED) is 0.175. The summed E-state index contributed by atoms with van der Waals surface area (Å²) in [6, 6.07) is 6.52. The molecule has 1 unspecified atom stereocenters. The molecule has 0 spiro atoms. The lowest BCUT2D eigenvalue weighted by Gasteiger charge is -2.22. The summed E-state index contributed by atoms with van der Waals surface area (Å²) in [6.07, 6.45) is 11.4. The van der Waals surface area contributed by atoms with Crippen LogP contribution in [0, 0.1) is 5.92 Å². The lowest BCUT2D eigenvalue weighted by Crippen LogP contribution is -2.28. The molecule has 1 aromatic carbocycles. The zero-order valence-electron chi connectivity index (χ0n) is 21.9. The molecule has 0 bridgehead atoms. The molecule has 4 nitrogen and oxygen atoms in total. The fourth-order valence-corrected chi connectivity index (χ4v) is 3.56. The van der Waals surface area contributed by atoms with Crippen molar-refractivity contribution in [2.24, 2.45) is 5.92 Å². The van der Waals surface area contributed by atoms with Crippen LogP contribution in [0.1, 0.15) is 84.3 Å². The maximum atomic E-state index is 12.7. The van der Waals surface area contributed by atoms with Gasteiger partial charge in [0.15, 0.2) is 0 Å². The van der Waals surface area contributed by atoms with E-state index < -0.39 is 0 Å². The highest BCUT2D eigenvalue weighted by atomic mass is 16.1. The van der Waals surface area contributed by atoms with E-state index in [9.17, 15) is 4.79 Å². The van der Waals surface area contributed by atoms with Gasteiger partial charge in [-0.1, -0.05) is 78.3 Å². The van der Waals surface area contributed by atoms with E-state index in [2.05, 4.69) is 69.7 Å². The molecule has 0 aromatic heterocycles. The highest BCUT2D eigenvalue weighted by molar-refractivity contribution is 5.97. The van der Waals surface area contributed by atoms with Crippen LogP contribution in [0.3, 0.4) is 0 Å². The molecule has 0 heterocycles. The summed E-state index contributed by atoms with van der Waals surface area (Å²) in [4.78, 5) is 14.6. The number of hydrogen-bond acceptors (Lipinski definition) is 3. The number of hydrogen-bond donors (Lipinski definition) is 2. The lowest BCUT2D eigenvalue weighted by molar-refractivity contribution is -0.116. The Morgan fingerprint density at radius 1 is 1.18 bits per heavy atom. The molecule has 1 atom stereocenters. The number of amides is 1. The summed E-state index contributed by atoms with van der Waals surface area (Å²) in [5, 5.41) is 6.11. The number of unbranched alkanes of at least 4 members (excludes halogenated alkanes) is 3. The molecule has 1 rings (SSSR count). The Labute approximate surface area is 202 Å². The molecule has 1 aromatic rings. The number of carbonyl (C=O) groups excluding carboxylic acids is 1. The van der Waals surface area contributed by atoms with Crippen molar-refractivity contribution in [3.8, 4) is 0 Å². The normalized spacial score (nSPS) is 13.0. The summed E-state index contributed by atoms with van der Waals surface area (Å²) in [5.74, 6) is 1.20. The van der Waals surface area contributed by atoms with Crippen LogP contribution in [-0.2, 0) is 11.2 Å². The second-order valence-electron chi connectivity index (χ2n) is 9.14. The smallest absolute Gasteiger partial charge is 0.258 e. The highest BCUT2D eigenvalue weighted by Gasteiger charge is 2.16. The third-order valence-corrected chi connectivity index (χ3v) is 6.28. The predicted molar refractivity (Wildman–Crippen MR) is 144 cm³/mol. The Kier molecular flexibility index (Phi) is 12.3. The van der Waals surface area contributed by atoms with Gasteiger partial charge in [0.2, 0.25) is 0 Å². The maximum absolute atomic E-state index is 12.7. The molecular weight excluding hydrogens is 406 g/mol. The van der Waals surface area contributed by atoms with Crippen LogP contribution in [0.15, 0.2) is 66.8 Å². The number of rotatable bonds is 14. The first kappa shape index (κ1) is 28.3. The average molecular weight is 452 g/mol. The summed E-state index contributed by atoms with van der Waals surface area (Å²) < 4.78 is 0. The molecule has 1 amide bonds. The Balaban J connectivity index is 2.95. The molecule has 4 heteroatoms. The van der Waals surface area contributed by atoms with Crippen LogP contribution in [0.2, 0.25) is 0 Å². The van der Waals surface area contributed by atoms with Crippen LogP contribution in [0.25, 0.3) is 0 Å². The molecule has 2 N–H and O–H groups in total. The first-order valence-corrected chi connectivity index (χ1v) is 12.2. The van der Waals surface area contributed by atoms with Gasteiger partial charge in [0.05, 0.1) is 5.57 Å². The Morgan fingerprint density at radius 2 is 1.88 bits per heavy atom. The molecule has 0 aliphatic rings. The zero-order valence-corrected chi connectivity index (χ0v) is 21.9. The van der Waals surface area contributed by atoms with E-state index in [0.717, 1.165) is 17.8 Å². The van der Waals surface area contributed by atoms with Gasteiger partial charge in [-0.15, -0.1) is 0 Å². The molecular formula is C29H45N3O. The predicted octanol–water partition coefficient (Wildman–Crippen LogP) is 7.49. The lowest BCUT2D eigenvalue weighted by atomic mass is 9.85.